The molecule has 4 aliphatic heterocycles. The molecule has 2 saturated heterocycles. The van der Waals surface area contributed by atoms with Gasteiger partial charge in [0.1, 0.15) is 39.0 Å². The van der Waals surface area contributed by atoms with Gasteiger partial charge in [0.25, 0.3) is 0 Å². The van der Waals surface area contributed by atoms with Crippen LogP contribution in [0.15, 0.2) is 82.9 Å². The van der Waals surface area contributed by atoms with Gasteiger partial charge in [-0.15, -0.1) is 22.7 Å². The Hall–Kier alpha value is -3.67. The van der Waals surface area contributed by atoms with Crippen molar-refractivity contribution in [3.05, 3.63) is 93.8 Å². The fraction of sp³-hybridized carbons (Fsp3) is 0.426. The van der Waals surface area contributed by atoms with E-state index in [0.717, 1.165) is 102 Å². The molecular formula is C47H64BrKN10O6S2. The Morgan fingerprint density at radius 3 is 1.75 bits per heavy atom. The Bertz CT molecular complexity index is 2450. The number of aryl methyl sites for hydroxylation is 2. The maximum absolute atomic E-state index is 12.1. The number of thiophene rings is 2. The van der Waals surface area contributed by atoms with Crippen LogP contribution in [0.5, 0.6) is 0 Å². The molecule has 358 valence electrons. The predicted molar refractivity (Wildman–Crippen MR) is 273 cm³/mol. The second-order valence-electron chi connectivity index (χ2n) is 16.9. The van der Waals surface area contributed by atoms with Gasteiger partial charge in [0, 0.05) is 93.3 Å². The normalized spacial score (nSPS) is 15.6. The van der Waals surface area contributed by atoms with Crippen molar-refractivity contribution in [1.29, 1.82) is 0 Å². The number of amidine groups is 2. The van der Waals surface area contributed by atoms with Crippen LogP contribution in [0.1, 0.15) is 44.5 Å². The summed E-state index contributed by atoms with van der Waals surface area (Å²) in [5.41, 5.74) is 5.83. The molecule has 2 aromatic carbocycles. The molecule has 16 nitrogen and oxygen atoms in total. The van der Waals surface area contributed by atoms with E-state index in [1.807, 2.05) is 25.2 Å². The van der Waals surface area contributed by atoms with Crippen LogP contribution >= 0.6 is 38.8 Å². The predicted octanol–water partition coefficient (Wildman–Crippen LogP) is 5.59. The van der Waals surface area contributed by atoms with Gasteiger partial charge in [-0.3, -0.25) is 14.6 Å². The molecular weight excluding hydrogens is 984 g/mol. The van der Waals surface area contributed by atoms with E-state index in [9.17, 15) is 14.4 Å². The van der Waals surface area contributed by atoms with Crippen molar-refractivity contribution in [1.82, 2.24) is 28.8 Å². The van der Waals surface area contributed by atoms with Gasteiger partial charge >= 0.3 is 69.4 Å². The largest absolute Gasteiger partial charge is 1.00 e. The zero-order chi connectivity index (χ0) is 47.7. The number of halogens is 1. The Morgan fingerprint density at radius 2 is 1.30 bits per heavy atom. The number of para-hydroxylation sites is 4. The molecule has 6 heterocycles. The van der Waals surface area contributed by atoms with E-state index < -0.39 is 17.7 Å². The third-order valence-electron chi connectivity index (χ3n) is 10.9. The second-order valence-corrected chi connectivity index (χ2v) is 20.6. The third-order valence-corrected chi connectivity index (χ3v) is 13.3. The molecule has 67 heavy (non-hydrogen) atoms. The second kappa shape index (κ2) is 24.7. The number of aliphatic imine (C=N–C) groups is 2. The molecule has 20 heteroatoms. The van der Waals surface area contributed by atoms with Gasteiger partial charge in [-0.25, -0.2) is 23.5 Å². The average molecular weight is 1050 g/mol. The zero-order valence-corrected chi connectivity index (χ0v) is 46.5. The fourth-order valence-electron chi connectivity index (χ4n) is 7.40. The first kappa shape index (κ1) is 54.3. The third kappa shape index (κ3) is 14.4. The number of nitrogens with one attached hydrogen (secondary N) is 3. The maximum Gasteiger partial charge on any atom is 1.00 e. The fourth-order valence-corrected chi connectivity index (χ4v) is 9.54. The van der Waals surface area contributed by atoms with Crippen LogP contribution in [0.2, 0.25) is 0 Å². The molecule has 1 unspecified atom stereocenters. The van der Waals surface area contributed by atoms with E-state index in [0.29, 0.717) is 6.54 Å². The first-order valence-electron chi connectivity index (χ1n) is 21.7. The molecule has 0 saturated carbocycles. The van der Waals surface area contributed by atoms with E-state index >= 15 is 0 Å². The van der Waals surface area contributed by atoms with Gasteiger partial charge in [0.15, 0.2) is 0 Å². The molecule has 2 fully saturated rings. The van der Waals surface area contributed by atoms with E-state index in [1.165, 1.54) is 41.6 Å². The summed E-state index contributed by atoms with van der Waals surface area (Å²) in [6, 6.07) is 20.6. The molecule has 1 atom stereocenters. The molecule has 0 aliphatic carbocycles. The minimum Gasteiger partial charge on any atom is -1.00 e. The SMILES string of the molecule is C=C(C(=O)OC)N(C)C(=O)OC(C)(C)C.COC(=O)C(CN1CCN(C2=Nc3ccccc3Nc3sc(C)cc32)CC1)N(C)Br.Cc1cc2c(s1)Nc1ccccc1N=C2N1CCNCC1.[2HH].[H-].[K+]. The number of ether oxygens (including phenoxy) is 3. The molecule has 8 rings (SSSR count). The number of rotatable bonds is 6. The summed E-state index contributed by atoms with van der Waals surface area (Å²) < 4.78 is 16.1. The average Bonchev–Trinajstić information content (AvgIpc) is 3.76. The molecule has 2 aromatic heterocycles. The number of esters is 2. The summed E-state index contributed by atoms with van der Waals surface area (Å²) in [5, 5.41) is 12.9. The van der Waals surface area contributed by atoms with Crippen LogP contribution in [0, 0.1) is 13.8 Å². The number of anilines is 4. The summed E-state index contributed by atoms with van der Waals surface area (Å²) in [6.45, 7) is 21.0. The van der Waals surface area contributed by atoms with Crippen molar-refractivity contribution in [2.24, 2.45) is 9.98 Å². The summed E-state index contributed by atoms with van der Waals surface area (Å²) in [4.78, 5) is 55.3. The van der Waals surface area contributed by atoms with E-state index in [4.69, 9.17) is 19.5 Å². The first-order chi connectivity index (χ1) is 31.5. The minimum absolute atomic E-state index is 0. The molecule has 4 aliphatic rings. The van der Waals surface area contributed by atoms with E-state index in [2.05, 4.69) is 114 Å². The number of nitrogens with zero attached hydrogens (tertiary/aromatic N) is 7. The smallest absolute Gasteiger partial charge is 1.00 e. The Kier molecular flexibility index (Phi) is 20.0. The van der Waals surface area contributed by atoms with Crippen molar-refractivity contribution in [3.63, 3.8) is 0 Å². The number of methoxy groups -OCH3 is 2. The monoisotopic (exact) mass is 1050 g/mol. The maximum atomic E-state index is 12.1. The quantitative estimate of drug-likeness (QED) is 0.0724. The first-order valence-corrected chi connectivity index (χ1v) is 24.0. The van der Waals surface area contributed by atoms with Crippen molar-refractivity contribution in [2.45, 2.75) is 46.3 Å². The van der Waals surface area contributed by atoms with Crippen molar-refractivity contribution in [3.8, 4) is 0 Å². The van der Waals surface area contributed by atoms with Gasteiger partial charge in [-0.05, 0) is 78.1 Å². The number of carbonyl (C=O) groups is 3. The van der Waals surface area contributed by atoms with Crippen molar-refractivity contribution < 1.29 is 82.8 Å². The number of benzene rings is 2. The summed E-state index contributed by atoms with van der Waals surface area (Å²) in [7, 11) is 5.88. The standard InChI is InChI=1S/C21H26BrN5O2S.C16H18N4S.C10H17NO4.K.H2.H/c1-14-12-15-19(23-16-6-4-5-7-17(16)24-20(15)30-14)27-10-8-26(9-11-27)13-18(25(2)22)21(28)29-3;1-11-10-12-15(20-8-6-17-7-9-20)18-13-4-2-3-5-14(13)19-16(12)21-11;1-7(8(12)14-6)11(5)9(13)15-10(2,3)4;;;/h4-7,12,18,24H,8-11,13H2,1-3H3;2-5,10,17,19H,6-9H2,1H3;1H2,2-6H3;;1H;/q;;;+1;;-1/i;;;;1+1;. The van der Waals surface area contributed by atoms with Crippen LogP contribution in [0.25, 0.3) is 0 Å². The van der Waals surface area contributed by atoms with Gasteiger partial charge in [-0.2, -0.15) is 0 Å². The molecule has 0 spiro atoms. The number of hydrogen-bond donors (Lipinski definition) is 3. The van der Waals surface area contributed by atoms with Crippen LogP contribution in [-0.2, 0) is 23.8 Å². The molecule has 0 bridgehead atoms. The van der Waals surface area contributed by atoms with Crippen LogP contribution < -0.4 is 67.3 Å². The van der Waals surface area contributed by atoms with Crippen molar-refractivity contribution in [2.75, 3.05) is 97.9 Å². The minimum atomic E-state index is -0.664. The molecule has 3 N–H and O–H groups in total. The molecule has 0 radical (unpaired) electrons. The number of piperazine rings is 2. The number of likely N-dealkylation sites (N-methyl/N-ethyl adjacent to an activating group) is 2. The number of hydrogen-bond acceptors (Lipinski definition) is 17. The zero-order valence-electron chi connectivity index (χ0n) is 41.2. The van der Waals surface area contributed by atoms with E-state index in [-0.39, 0.29) is 71.9 Å². The topological polar surface area (TPSA) is 156 Å². The van der Waals surface area contributed by atoms with Crippen LogP contribution in [-0.4, -0.2) is 152 Å². The van der Waals surface area contributed by atoms with E-state index in [1.54, 1.807) is 47.4 Å². The summed E-state index contributed by atoms with van der Waals surface area (Å²) in [5.74, 6) is 1.23. The van der Waals surface area contributed by atoms with Crippen LogP contribution in [0.3, 0.4) is 0 Å². The molecule has 4 aromatic rings. The van der Waals surface area contributed by atoms with Gasteiger partial charge in [0.2, 0.25) is 0 Å². The number of fused-ring (bicyclic) bond motifs is 4. The Balaban J connectivity index is 0.000000285. The number of carbonyl (C=O) groups excluding carboxylic acids is 3. The van der Waals surface area contributed by atoms with Crippen LogP contribution in [0.4, 0.5) is 37.5 Å². The summed E-state index contributed by atoms with van der Waals surface area (Å²) in [6.07, 6.45) is -0.641. The van der Waals surface area contributed by atoms with Gasteiger partial charge < -0.3 is 41.4 Å². The molecule has 1 amide bonds. The Morgan fingerprint density at radius 1 is 0.821 bits per heavy atom. The number of amides is 1. The summed E-state index contributed by atoms with van der Waals surface area (Å²) >= 11 is 6.96. The van der Waals surface area contributed by atoms with Gasteiger partial charge in [0.05, 0.1) is 48.1 Å². The van der Waals surface area contributed by atoms with Crippen molar-refractivity contribution >= 4 is 101 Å². The van der Waals surface area contributed by atoms with Gasteiger partial charge in [-0.1, -0.05) is 30.8 Å². The Labute approximate surface area is 456 Å².